The van der Waals surface area contributed by atoms with Crippen molar-refractivity contribution >= 4 is 11.8 Å². The van der Waals surface area contributed by atoms with Crippen molar-refractivity contribution in [1.82, 2.24) is 9.78 Å². The van der Waals surface area contributed by atoms with Crippen molar-refractivity contribution in [1.29, 1.82) is 0 Å². The van der Waals surface area contributed by atoms with E-state index in [1.165, 1.54) is 26.0 Å². The van der Waals surface area contributed by atoms with Gasteiger partial charge in [-0.05, 0) is 39.3 Å². The summed E-state index contributed by atoms with van der Waals surface area (Å²) in [6, 6.07) is 3.47. The predicted molar refractivity (Wildman–Crippen MR) is 103 cm³/mol. The third kappa shape index (κ3) is 4.10. The van der Waals surface area contributed by atoms with Crippen LogP contribution in [-0.2, 0) is 11.2 Å². The Bertz CT molecular complexity index is 812. The van der Waals surface area contributed by atoms with E-state index in [1.54, 1.807) is 32.9 Å². The summed E-state index contributed by atoms with van der Waals surface area (Å²) in [5.41, 5.74) is 7.71. The number of hydrogen-bond acceptors (Lipinski definition) is 7. The van der Waals surface area contributed by atoms with Crippen LogP contribution >= 0.6 is 0 Å². The van der Waals surface area contributed by atoms with E-state index in [1.807, 2.05) is 6.92 Å². The second kappa shape index (κ2) is 7.77. The Morgan fingerprint density at radius 2 is 1.67 bits per heavy atom. The van der Waals surface area contributed by atoms with Crippen LogP contribution in [0.25, 0.3) is 11.3 Å². The summed E-state index contributed by atoms with van der Waals surface area (Å²) in [6.07, 6.45) is -0.0626. The molecule has 2 aromatic rings. The summed E-state index contributed by atoms with van der Waals surface area (Å²) >= 11 is 0. The zero-order valence-electron chi connectivity index (χ0n) is 16.9. The number of methoxy groups -OCH3 is 3. The Morgan fingerprint density at radius 3 is 2.07 bits per heavy atom. The molecule has 2 rings (SSSR count). The lowest BCUT2D eigenvalue weighted by molar-refractivity contribution is 0.0510. The number of aromatic nitrogens is 2. The molecule has 0 spiro atoms. The van der Waals surface area contributed by atoms with Gasteiger partial charge in [-0.2, -0.15) is 9.78 Å². The van der Waals surface area contributed by atoms with Gasteiger partial charge in [0, 0.05) is 5.56 Å². The molecule has 148 valence electrons. The number of anilines is 1. The molecule has 0 aliphatic heterocycles. The molecule has 1 heterocycles. The van der Waals surface area contributed by atoms with Gasteiger partial charge in [-0.1, -0.05) is 6.92 Å². The highest BCUT2D eigenvalue weighted by molar-refractivity contribution is 5.82. The van der Waals surface area contributed by atoms with Crippen molar-refractivity contribution in [3.05, 3.63) is 17.8 Å². The maximum atomic E-state index is 12.5. The number of nitrogens with zero attached hydrogens (tertiary/aromatic N) is 2. The maximum Gasteiger partial charge on any atom is 0.435 e. The number of nitrogen functional groups attached to an aromatic ring is 1. The number of carbonyl (C=O) groups is 1. The molecule has 0 aliphatic carbocycles. The molecule has 1 aromatic carbocycles. The lowest BCUT2D eigenvalue weighted by atomic mass is 10.1. The van der Waals surface area contributed by atoms with Gasteiger partial charge in [-0.25, -0.2) is 4.79 Å². The first-order valence-corrected chi connectivity index (χ1v) is 8.57. The van der Waals surface area contributed by atoms with E-state index in [4.69, 9.17) is 24.7 Å². The third-order valence-corrected chi connectivity index (χ3v) is 3.86. The van der Waals surface area contributed by atoms with Gasteiger partial charge < -0.3 is 24.7 Å². The molecule has 0 bridgehead atoms. The van der Waals surface area contributed by atoms with Crippen LogP contribution in [0.2, 0.25) is 0 Å². The van der Waals surface area contributed by atoms with E-state index in [9.17, 15) is 4.79 Å². The van der Waals surface area contributed by atoms with Crippen molar-refractivity contribution in [2.24, 2.45) is 0 Å². The zero-order valence-corrected chi connectivity index (χ0v) is 16.9. The molecule has 0 atom stereocenters. The average molecular weight is 377 g/mol. The summed E-state index contributed by atoms with van der Waals surface area (Å²) in [5.74, 6) is 1.40. The Labute approximate surface area is 159 Å². The first kappa shape index (κ1) is 20.4. The van der Waals surface area contributed by atoms with Gasteiger partial charge in [0.25, 0.3) is 0 Å². The highest BCUT2D eigenvalue weighted by atomic mass is 16.6. The van der Waals surface area contributed by atoms with Crippen molar-refractivity contribution < 1.29 is 23.7 Å². The van der Waals surface area contributed by atoms with Crippen LogP contribution in [0.1, 0.15) is 33.4 Å². The minimum atomic E-state index is -0.643. The Morgan fingerprint density at radius 1 is 1.11 bits per heavy atom. The van der Waals surface area contributed by atoms with Crippen LogP contribution in [0.5, 0.6) is 17.2 Å². The SMILES string of the molecule is CCc1c(N)c(-c2cc(OC)c(OC)c(OC)c2)nn1C(=O)OC(C)(C)C. The molecule has 0 fully saturated rings. The van der Waals surface area contributed by atoms with Gasteiger partial charge in [0.05, 0.1) is 32.7 Å². The number of ether oxygens (including phenoxy) is 4. The summed E-state index contributed by atoms with van der Waals surface area (Å²) in [5, 5.41) is 4.41. The van der Waals surface area contributed by atoms with E-state index in [-0.39, 0.29) is 0 Å². The minimum absolute atomic E-state index is 0.401. The average Bonchev–Trinajstić information content (AvgIpc) is 2.95. The topological polar surface area (TPSA) is 97.8 Å². The standard InChI is InChI=1S/C19H27N3O5/c1-8-12-15(20)16(21-22(12)18(23)27-19(2,3)4)11-9-13(24-5)17(26-7)14(10-11)25-6/h9-10H,8,20H2,1-7H3. The molecule has 8 nitrogen and oxygen atoms in total. The quantitative estimate of drug-likeness (QED) is 0.851. The van der Waals surface area contributed by atoms with Gasteiger partial charge in [0.1, 0.15) is 11.3 Å². The molecule has 0 radical (unpaired) electrons. The molecular weight excluding hydrogens is 350 g/mol. The van der Waals surface area contributed by atoms with E-state index < -0.39 is 11.7 Å². The van der Waals surface area contributed by atoms with Gasteiger partial charge in [-0.15, -0.1) is 0 Å². The second-order valence-corrected chi connectivity index (χ2v) is 6.87. The lowest BCUT2D eigenvalue weighted by Crippen LogP contribution is -2.28. The Balaban J connectivity index is 2.62. The Kier molecular flexibility index (Phi) is 5.88. The highest BCUT2D eigenvalue weighted by Crippen LogP contribution is 2.42. The van der Waals surface area contributed by atoms with Crippen LogP contribution < -0.4 is 19.9 Å². The molecule has 0 saturated carbocycles. The summed E-state index contributed by atoms with van der Waals surface area (Å²) < 4.78 is 22.8. The summed E-state index contributed by atoms with van der Waals surface area (Å²) in [7, 11) is 4.59. The highest BCUT2D eigenvalue weighted by Gasteiger charge is 2.25. The van der Waals surface area contributed by atoms with E-state index in [0.717, 1.165) is 0 Å². The number of rotatable bonds is 5. The fraction of sp³-hybridized carbons (Fsp3) is 0.474. The molecule has 0 saturated heterocycles. The fourth-order valence-electron chi connectivity index (χ4n) is 2.69. The minimum Gasteiger partial charge on any atom is -0.493 e. The van der Waals surface area contributed by atoms with Crippen LogP contribution in [-0.4, -0.2) is 42.8 Å². The smallest absolute Gasteiger partial charge is 0.435 e. The van der Waals surface area contributed by atoms with E-state index >= 15 is 0 Å². The van der Waals surface area contributed by atoms with Crippen LogP contribution in [0, 0.1) is 0 Å². The Hall–Kier alpha value is -2.90. The largest absolute Gasteiger partial charge is 0.493 e. The second-order valence-electron chi connectivity index (χ2n) is 6.87. The van der Waals surface area contributed by atoms with Crippen molar-refractivity contribution in [2.45, 2.75) is 39.7 Å². The monoisotopic (exact) mass is 377 g/mol. The number of carbonyl (C=O) groups excluding carboxylic acids is 1. The van der Waals surface area contributed by atoms with Crippen molar-refractivity contribution in [3.63, 3.8) is 0 Å². The van der Waals surface area contributed by atoms with Gasteiger partial charge >= 0.3 is 6.09 Å². The van der Waals surface area contributed by atoms with Crippen LogP contribution in [0.3, 0.4) is 0 Å². The summed E-state index contributed by atoms with van der Waals surface area (Å²) in [4.78, 5) is 12.5. The van der Waals surface area contributed by atoms with Crippen LogP contribution in [0.15, 0.2) is 12.1 Å². The van der Waals surface area contributed by atoms with Crippen LogP contribution in [0.4, 0.5) is 10.5 Å². The molecule has 0 unspecified atom stereocenters. The molecule has 8 heteroatoms. The van der Waals surface area contributed by atoms with Crippen molar-refractivity contribution in [3.8, 4) is 28.5 Å². The van der Waals surface area contributed by atoms with E-state index in [2.05, 4.69) is 5.10 Å². The zero-order chi connectivity index (χ0) is 20.4. The van der Waals surface area contributed by atoms with Crippen molar-refractivity contribution in [2.75, 3.05) is 27.1 Å². The van der Waals surface area contributed by atoms with Gasteiger partial charge in [0.2, 0.25) is 5.75 Å². The first-order valence-electron chi connectivity index (χ1n) is 8.57. The molecule has 27 heavy (non-hydrogen) atoms. The molecular formula is C19H27N3O5. The molecule has 1 aromatic heterocycles. The number of benzene rings is 1. The summed E-state index contributed by atoms with van der Waals surface area (Å²) in [6.45, 7) is 7.28. The van der Waals surface area contributed by atoms with Gasteiger partial charge in [0.15, 0.2) is 11.5 Å². The number of nitrogens with two attached hydrogens (primary N) is 1. The molecule has 0 amide bonds. The predicted octanol–water partition coefficient (Wildman–Crippen LogP) is 3.50. The molecule has 0 aliphatic rings. The molecule has 2 N–H and O–H groups in total. The third-order valence-electron chi connectivity index (χ3n) is 3.86. The maximum absolute atomic E-state index is 12.5. The fourth-order valence-corrected chi connectivity index (χ4v) is 2.69. The first-order chi connectivity index (χ1) is 12.7. The lowest BCUT2D eigenvalue weighted by Gasteiger charge is -2.19. The van der Waals surface area contributed by atoms with E-state index in [0.29, 0.717) is 46.3 Å². The normalized spacial score (nSPS) is 11.2. The van der Waals surface area contributed by atoms with Gasteiger partial charge in [-0.3, -0.25) is 0 Å². The number of hydrogen-bond donors (Lipinski definition) is 1.